The maximum Gasteiger partial charge on any atom is 0.342 e. The standard InChI is InChI=1S/C16H14O3/c1-10-7-12-9-14(11-5-3-2-4-6-11)19-16(18)15(12)13(17)8-10/h2-8,14,17H,9H2,1H3. The SMILES string of the molecule is Cc1cc(O)c2c(c1)CC(c1ccccc1)OC2=O. The van der Waals surface area contributed by atoms with Gasteiger partial charge in [0.05, 0.1) is 0 Å². The largest absolute Gasteiger partial charge is 0.507 e. The van der Waals surface area contributed by atoms with Gasteiger partial charge in [-0.2, -0.15) is 0 Å². The molecule has 3 heteroatoms. The first kappa shape index (κ1) is 11.8. The zero-order chi connectivity index (χ0) is 13.4. The highest BCUT2D eigenvalue weighted by Crippen LogP contribution is 2.35. The summed E-state index contributed by atoms with van der Waals surface area (Å²) in [4.78, 5) is 12.0. The van der Waals surface area contributed by atoms with Crippen LogP contribution in [0.1, 0.15) is 33.2 Å². The predicted molar refractivity (Wildman–Crippen MR) is 71.1 cm³/mol. The van der Waals surface area contributed by atoms with Crippen LogP contribution in [0.15, 0.2) is 42.5 Å². The first-order valence-corrected chi connectivity index (χ1v) is 6.23. The van der Waals surface area contributed by atoms with Gasteiger partial charge in [-0.05, 0) is 29.7 Å². The van der Waals surface area contributed by atoms with Gasteiger partial charge in [0.15, 0.2) is 0 Å². The highest BCUT2D eigenvalue weighted by Gasteiger charge is 2.30. The molecule has 0 saturated heterocycles. The van der Waals surface area contributed by atoms with Crippen LogP contribution in [-0.2, 0) is 11.2 Å². The molecule has 0 bridgehead atoms. The van der Waals surface area contributed by atoms with Gasteiger partial charge in [0.1, 0.15) is 17.4 Å². The average Bonchev–Trinajstić information content (AvgIpc) is 2.38. The van der Waals surface area contributed by atoms with Crippen LogP contribution in [-0.4, -0.2) is 11.1 Å². The lowest BCUT2D eigenvalue weighted by atomic mass is 9.93. The third-order valence-corrected chi connectivity index (χ3v) is 3.37. The maximum absolute atomic E-state index is 12.0. The number of rotatable bonds is 1. The summed E-state index contributed by atoms with van der Waals surface area (Å²) >= 11 is 0. The van der Waals surface area contributed by atoms with E-state index in [1.807, 2.05) is 43.3 Å². The first-order valence-electron chi connectivity index (χ1n) is 6.23. The monoisotopic (exact) mass is 254 g/mol. The van der Waals surface area contributed by atoms with Crippen LogP contribution in [0.25, 0.3) is 0 Å². The number of phenols is 1. The van der Waals surface area contributed by atoms with Crippen molar-refractivity contribution in [1.82, 2.24) is 0 Å². The molecule has 2 aromatic carbocycles. The van der Waals surface area contributed by atoms with Crippen molar-refractivity contribution in [2.75, 3.05) is 0 Å². The molecule has 1 N–H and O–H groups in total. The minimum atomic E-state index is -0.451. The number of ether oxygens (including phenoxy) is 1. The molecule has 2 aromatic rings. The molecule has 0 aliphatic carbocycles. The van der Waals surface area contributed by atoms with Crippen molar-refractivity contribution in [3.8, 4) is 5.75 Å². The first-order chi connectivity index (χ1) is 9.15. The summed E-state index contributed by atoms with van der Waals surface area (Å²) in [6, 6.07) is 13.2. The van der Waals surface area contributed by atoms with Crippen molar-refractivity contribution < 1.29 is 14.6 Å². The van der Waals surface area contributed by atoms with Crippen molar-refractivity contribution in [3.63, 3.8) is 0 Å². The number of carbonyl (C=O) groups is 1. The average molecular weight is 254 g/mol. The molecule has 0 aromatic heterocycles. The second-order valence-corrected chi connectivity index (χ2v) is 4.83. The summed E-state index contributed by atoms with van der Waals surface area (Å²) in [6.07, 6.45) is 0.322. The van der Waals surface area contributed by atoms with Gasteiger partial charge in [0, 0.05) is 6.42 Å². The third-order valence-electron chi connectivity index (χ3n) is 3.37. The van der Waals surface area contributed by atoms with E-state index >= 15 is 0 Å². The molecular weight excluding hydrogens is 240 g/mol. The van der Waals surface area contributed by atoms with E-state index in [-0.39, 0.29) is 11.9 Å². The number of aryl methyl sites for hydroxylation is 1. The predicted octanol–water partition coefficient (Wildman–Crippen LogP) is 3.15. The third kappa shape index (κ3) is 2.08. The Labute approximate surface area is 111 Å². The van der Waals surface area contributed by atoms with Crippen LogP contribution in [0.5, 0.6) is 5.75 Å². The molecule has 1 unspecified atom stereocenters. The molecular formula is C16H14O3. The number of fused-ring (bicyclic) bond motifs is 1. The Morgan fingerprint density at radius 3 is 2.68 bits per heavy atom. The van der Waals surface area contributed by atoms with Gasteiger partial charge in [-0.25, -0.2) is 4.79 Å². The Morgan fingerprint density at radius 1 is 1.21 bits per heavy atom. The minimum Gasteiger partial charge on any atom is -0.507 e. The van der Waals surface area contributed by atoms with Gasteiger partial charge in [0.2, 0.25) is 0 Å². The number of carbonyl (C=O) groups excluding carboxylic acids is 1. The quantitative estimate of drug-likeness (QED) is 0.795. The van der Waals surface area contributed by atoms with E-state index in [9.17, 15) is 9.90 Å². The molecule has 19 heavy (non-hydrogen) atoms. The van der Waals surface area contributed by atoms with Gasteiger partial charge < -0.3 is 9.84 Å². The molecule has 3 nitrogen and oxygen atoms in total. The van der Waals surface area contributed by atoms with Crippen molar-refractivity contribution >= 4 is 5.97 Å². The maximum atomic E-state index is 12.0. The molecule has 1 aliphatic heterocycles. The summed E-state index contributed by atoms with van der Waals surface area (Å²) < 4.78 is 5.42. The fraction of sp³-hybridized carbons (Fsp3) is 0.188. The molecule has 3 rings (SSSR count). The minimum absolute atomic E-state index is 0.00603. The van der Waals surface area contributed by atoms with E-state index in [1.54, 1.807) is 6.07 Å². The van der Waals surface area contributed by atoms with E-state index in [2.05, 4.69) is 0 Å². The smallest absolute Gasteiger partial charge is 0.342 e. The van der Waals surface area contributed by atoms with Crippen LogP contribution < -0.4 is 0 Å². The number of benzene rings is 2. The molecule has 1 aliphatic rings. The van der Waals surface area contributed by atoms with Crippen molar-refractivity contribution in [1.29, 1.82) is 0 Å². The molecule has 1 atom stereocenters. The Morgan fingerprint density at radius 2 is 1.95 bits per heavy atom. The molecule has 0 radical (unpaired) electrons. The molecule has 0 saturated carbocycles. The van der Waals surface area contributed by atoms with Crippen molar-refractivity contribution in [2.45, 2.75) is 19.4 Å². The van der Waals surface area contributed by atoms with Crippen LogP contribution >= 0.6 is 0 Å². The molecule has 0 amide bonds. The molecule has 96 valence electrons. The Bertz CT molecular complexity index is 632. The lowest BCUT2D eigenvalue weighted by Gasteiger charge is -2.25. The topological polar surface area (TPSA) is 46.5 Å². The molecule has 0 fully saturated rings. The Balaban J connectivity index is 2.03. The molecule has 0 spiro atoms. The van der Waals surface area contributed by atoms with E-state index in [4.69, 9.17) is 4.74 Å². The second-order valence-electron chi connectivity index (χ2n) is 4.83. The van der Waals surface area contributed by atoms with Crippen LogP contribution in [0.3, 0.4) is 0 Å². The zero-order valence-electron chi connectivity index (χ0n) is 10.6. The number of hydrogen-bond acceptors (Lipinski definition) is 3. The normalized spacial score (nSPS) is 17.7. The van der Waals surface area contributed by atoms with Gasteiger partial charge >= 0.3 is 5.97 Å². The fourth-order valence-electron chi connectivity index (χ4n) is 2.52. The van der Waals surface area contributed by atoms with Crippen molar-refractivity contribution in [2.24, 2.45) is 0 Å². The van der Waals surface area contributed by atoms with E-state index in [0.29, 0.717) is 12.0 Å². The number of phenolic OH excluding ortho intramolecular Hbond substituents is 1. The highest BCUT2D eigenvalue weighted by molar-refractivity contribution is 5.95. The fourth-order valence-corrected chi connectivity index (χ4v) is 2.52. The van der Waals surface area contributed by atoms with E-state index < -0.39 is 5.97 Å². The van der Waals surface area contributed by atoms with Crippen LogP contribution in [0.2, 0.25) is 0 Å². The summed E-state index contributed by atoms with van der Waals surface area (Å²) in [5.74, 6) is -0.445. The second kappa shape index (κ2) is 4.43. The number of hydrogen-bond donors (Lipinski definition) is 1. The van der Waals surface area contributed by atoms with E-state index in [1.165, 1.54) is 0 Å². The number of cyclic esters (lactones) is 1. The zero-order valence-corrected chi connectivity index (χ0v) is 10.6. The summed E-state index contributed by atoms with van der Waals surface area (Å²) in [7, 11) is 0. The number of aromatic hydroxyl groups is 1. The lowest BCUT2D eigenvalue weighted by Crippen LogP contribution is -2.22. The van der Waals surface area contributed by atoms with Gasteiger partial charge in [-0.1, -0.05) is 36.4 Å². The number of esters is 1. The van der Waals surface area contributed by atoms with Gasteiger partial charge in [0.25, 0.3) is 0 Å². The Kier molecular flexibility index (Phi) is 2.75. The summed E-state index contributed by atoms with van der Waals surface area (Å²) in [6.45, 7) is 1.90. The lowest BCUT2D eigenvalue weighted by molar-refractivity contribution is 0.0248. The van der Waals surface area contributed by atoms with Crippen LogP contribution in [0, 0.1) is 6.92 Å². The van der Waals surface area contributed by atoms with Gasteiger partial charge in [-0.15, -0.1) is 0 Å². The summed E-state index contributed by atoms with van der Waals surface area (Å²) in [5, 5.41) is 9.86. The summed E-state index contributed by atoms with van der Waals surface area (Å²) in [5.41, 5.74) is 3.07. The Hall–Kier alpha value is -2.29. The van der Waals surface area contributed by atoms with E-state index in [0.717, 1.165) is 16.7 Å². The van der Waals surface area contributed by atoms with Crippen LogP contribution in [0.4, 0.5) is 0 Å². The highest BCUT2D eigenvalue weighted by atomic mass is 16.5. The van der Waals surface area contributed by atoms with Crippen molar-refractivity contribution in [3.05, 3.63) is 64.7 Å². The molecule has 1 heterocycles. The van der Waals surface area contributed by atoms with Gasteiger partial charge in [-0.3, -0.25) is 0 Å².